The number of allylic oxidation sites excluding steroid dienone is 2. The van der Waals surface area contributed by atoms with Crippen molar-refractivity contribution in [2.75, 3.05) is 0 Å². The summed E-state index contributed by atoms with van der Waals surface area (Å²) in [5.41, 5.74) is 3.95. The lowest BCUT2D eigenvalue weighted by atomic mass is 9.67. The van der Waals surface area contributed by atoms with Gasteiger partial charge in [0.25, 0.3) is 0 Å². The van der Waals surface area contributed by atoms with E-state index in [-0.39, 0.29) is 0 Å². The molecule has 0 spiro atoms. The van der Waals surface area contributed by atoms with Gasteiger partial charge in [0.2, 0.25) is 0 Å². The van der Waals surface area contributed by atoms with Gasteiger partial charge in [0.1, 0.15) is 0 Å². The largest absolute Gasteiger partial charge is 0.0701 e. The van der Waals surface area contributed by atoms with Crippen LogP contribution in [0.25, 0.3) is 0 Å². The second-order valence-corrected chi connectivity index (χ2v) is 6.52. The van der Waals surface area contributed by atoms with E-state index in [9.17, 15) is 0 Å². The van der Waals surface area contributed by atoms with Crippen molar-refractivity contribution in [1.29, 1.82) is 0 Å². The molecule has 3 fully saturated rings. The normalized spacial score (nSPS) is 55.6. The molecule has 0 saturated heterocycles. The third kappa shape index (κ3) is 0.867. The van der Waals surface area contributed by atoms with E-state index in [2.05, 4.69) is 13.8 Å². The summed E-state index contributed by atoms with van der Waals surface area (Å²) in [6.07, 6.45) is 7.52. The minimum absolute atomic E-state index is 1.04. The first-order chi connectivity index (χ1) is 7.31. The van der Waals surface area contributed by atoms with E-state index in [0.717, 1.165) is 35.5 Å². The van der Waals surface area contributed by atoms with E-state index in [1.165, 1.54) is 25.7 Å². The van der Waals surface area contributed by atoms with E-state index in [0.29, 0.717) is 0 Å². The Bertz CT molecular complexity index is 338. The number of hydrogen-bond donors (Lipinski definition) is 0. The molecule has 4 aliphatic carbocycles. The van der Waals surface area contributed by atoms with Crippen LogP contribution in [0.5, 0.6) is 0 Å². The fourth-order valence-electron chi connectivity index (χ4n) is 5.88. The first-order valence-corrected chi connectivity index (χ1v) is 7.03. The number of hydrogen-bond acceptors (Lipinski definition) is 0. The number of fused-ring (bicyclic) bond motifs is 8. The molecule has 0 aromatic heterocycles. The van der Waals surface area contributed by atoms with Crippen molar-refractivity contribution in [3.63, 3.8) is 0 Å². The molecule has 6 atom stereocenters. The summed E-state index contributed by atoms with van der Waals surface area (Å²) < 4.78 is 0. The molecule has 0 radical (unpaired) electrons. The van der Waals surface area contributed by atoms with Gasteiger partial charge in [0, 0.05) is 0 Å². The molecular weight excluding hydrogens is 180 g/mol. The van der Waals surface area contributed by atoms with E-state index in [1.807, 2.05) is 11.1 Å². The smallest absolute Gasteiger partial charge is 0.0135 e. The Balaban J connectivity index is 1.80. The quantitative estimate of drug-likeness (QED) is 0.563. The van der Waals surface area contributed by atoms with Gasteiger partial charge in [-0.3, -0.25) is 0 Å². The Morgan fingerprint density at radius 2 is 2.20 bits per heavy atom. The van der Waals surface area contributed by atoms with Crippen LogP contribution in [0.4, 0.5) is 0 Å². The summed E-state index contributed by atoms with van der Waals surface area (Å²) in [7, 11) is 0. The molecule has 82 valence electrons. The highest BCUT2D eigenvalue weighted by Crippen LogP contribution is 2.68. The molecule has 0 aromatic rings. The zero-order valence-corrected chi connectivity index (χ0v) is 10.00. The van der Waals surface area contributed by atoms with Crippen molar-refractivity contribution in [3.05, 3.63) is 11.1 Å². The van der Waals surface area contributed by atoms with Crippen molar-refractivity contribution in [3.8, 4) is 0 Å². The van der Waals surface area contributed by atoms with Gasteiger partial charge in [-0.15, -0.1) is 0 Å². The van der Waals surface area contributed by atoms with E-state index >= 15 is 0 Å². The average molecular weight is 202 g/mol. The lowest BCUT2D eigenvalue weighted by Crippen LogP contribution is -2.30. The SMILES string of the molecule is CCC1C2CC(C1C)C1C2=C2CCC1C2. The third-order valence-corrected chi connectivity index (χ3v) is 6.33. The minimum Gasteiger partial charge on any atom is -0.0701 e. The molecular formula is C15H22. The molecule has 4 aliphatic rings. The zero-order chi connectivity index (χ0) is 10.2. The maximum absolute atomic E-state index is 2.55. The highest BCUT2D eigenvalue weighted by molar-refractivity contribution is 5.38. The van der Waals surface area contributed by atoms with Crippen LogP contribution < -0.4 is 0 Å². The highest BCUT2D eigenvalue weighted by Gasteiger charge is 2.58. The molecule has 4 bridgehead atoms. The Hall–Kier alpha value is -0.260. The van der Waals surface area contributed by atoms with Crippen molar-refractivity contribution >= 4 is 0 Å². The topological polar surface area (TPSA) is 0 Å². The fourth-order valence-corrected chi connectivity index (χ4v) is 5.88. The molecule has 4 rings (SSSR count). The van der Waals surface area contributed by atoms with Crippen molar-refractivity contribution < 1.29 is 0 Å². The highest BCUT2D eigenvalue weighted by atomic mass is 14.6. The predicted octanol–water partition coefficient (Wildman–Crippen LogP) is 4.02. The zero-order valence-electron chi connectivity index (χ0n) is 10.00. The summed E-state index contributed by atoms with van der Waals surface area (Å²) >= 11 is 0. The van der Waals surface area contributed by atoms with Crippen molar-refractivity contribution in [2.24, 2.45) is 35.5 Å². The van der Waals surface area contributed by atoms with Gasteiger partial charge >= 0.3 is 0 Å². The molecule has 0 aromatic carbocycles. The molecule has 6 unspecified atom stereocenters. The van der Waals surface area contributed by atoms with Crippen LogP contribution >= 0.6 is 0 Å². The molecule has 0 heterocycles. The Kier molecular flexibility index (Phi) is 1.59. The van der Waals surface area contributed by atoms with Crippen LogP contribution in [-0.2, 0) is 0 Å². The van der Waals surface area contributed by atoms with Crippen LogP contribution in [0.2, 0.25) is 0 Å². The van der Waals surface area contributed by atoms with E-state index in [1.54, 1.807) is 6.42 Å². The maximum atomic E-state index is 2.55. The van der Waals surface area contributed by atoms with Gasteiger partial charge in [-0.2, -0.15) is 0 Å². The summed E-state index contributed by atoms with van der Waals surface area (Å²) in [6, 6.07) is 0. The van der Waals surface area contributed by atoms with Gasteiger partial charge in [0.05, 0.1) is 0 Å². The Labute approximate surface area is 93.1 Å². The molecule has 0 heteroatoms. The maximum Gasteiger partial charge on any atom is -0.0135 e. The second kappa shape index (κ2) is 2.70. The standard InChI is InChI=1S/C15H22/c1-3-11-8(2)12-7-13(11)15-10-5-4-9(6-10)14(12)15/h8-9,11-14H,3-7H2,1-2H3. The van der Waals surface area contributed by atoms with Crippen LogP contribution in [0.1, 0.15) is 46.0 Å². The molecule has 0 aliphatic heterocycles. The summed E-state index contributed by atoms with van der Waals surface area (Å²) in [6.45, 7) is 4.96. The van der Waals surface area contributed by atoms with Gasteiger partial charge < -0.3 is 0 Å². The fraction of sp³-hybridized carbons (Fsp3) is 0.867. The van der Waals surface area contributed by atoms with Crippen LogP contribution in [-0.4, -0.2) is 0 Å². The molecule has 15 heavy (non-hydrogen) atoms. The predicted molar refractivity (Wildman–Crippen MR) is 62.4 cm³/mol. The van der Waals surface area contributed by atoms with E-state index in [4.69, 9.17) is 0 Å². The molecule has 0 amide bonds. The first kappa shape index (κ1) is 8.84. The summed E-state index contributed by atoms with van der Waals surface area (Å²) in [5, 5.41) is 0. The molecule has 0 nitrogen and oxygen atoms in total. The van der Waals surface area contributed by atoms with Crippen LogP contribution in [0, 0.1) is 35.5 Å². The monoisotopic (exact) mass is 202 g/mol. The summed E-state index contributed by atoms with van der Waals surface area (Å²) in [5.74, 6) is 6.40. The average Bonchev–Trinajstić information content (AvgIpc) is 2.94. The minimum atomic E-state index is 1.04. The van der Waals surface area contributed by atoms with Gasteiger partial charge in [0.15, 0.2) is 0 Å². The van der Waals surface area contributed by atoms with Crippen molar-refractivity contribution in [2.45, 2.75) is 46.0 Å². The lowest BCUT2D eigenvalue weighted by Gasteiger charge is -2.37. The number of rotatable bonds is 1. The molecule has 3 saturated carbocycles. The van der Waals surface area contributed by atoms with E-state index < -0.39 is 0 Å². The third-order valence-electron chi connectivity index (χ3n) is 6.33. The lowest BCUT2D eigenvalue weighted by molar-refractivity contribution is 0.184. The van der Waals surface area contributed by atoms with Gasteiger partial charge in [-0.25, -0.2) is 0 Å². The summed E-state index contributed by atoms with van der Waals surface area (Å²) in [4.78, 5) is 0. The van der Waals surface area contributed by atoms with Crippen LogP contribution in [0.15, 0.2) is 11.1 Å². The van der Waals surface area contributed by atoms with Gasteiger partial charge in [-0.1, -0.05) is 31.4 Å². The first-order valence-electron chi connectivity index (χ1n) is 7.03. The van der Waals surface area contributed by atoms with Crippen molar-refractivity contribution in [1.82, 2.24) is 0 Å². The van der Waals surface area contributed by atoms with Crippen LogP contribution in [0.3, 0.4) is 0 Å². The Morgan fingerprint density at radius 1 is 1.33 bits per heavy atom. The molecule has 0 N–H and O–H groups in total. The Morgan fingerprint density at radius 3 is 3.00 bits per heavy atom. The van der Waals surface area contributed by atoms with Gasteiger partial charge in [-0.05, 0) is 61.2 Å². The second-order valence-electron chi connectivity index (χ2n) is 6.52.